The predicted molar refractivity (Wildman–Crippen MR) is 83.3 cm³/mol. The molecule has 0 radical (unpaired) electrons. The molecule has 4 rings (SSSR count). The highest BCUT2D eigenvalue weighted by Crippen LogP contribution is 2.37. The van der Waals surface area contributed by atoms with Crippen LogP contribution in [-0.4, -0.2) is 43.3 Å². The zero-order valence-corrected chi connectivity index (χ0v) is 12.7. The molecular weight excluding hydrogens is 264 g/mol. The van der Waals surface area contributed by atoms with Crippen LogP contribution in [0.1, 0.15) is 32.1 Å². The van der Waals surface area contributed by atoms with E-state index in [1.807, 2.05) is 6.07 Å². The first-order valence-corrected chi connectivity index (χ1v) is 8.18. The minimum absolute atomic E-state index is 0.587. The molecule has 1 aromatic carbocycles. The first-order chi connectivity index (χ1) is 10.3. The van der Waals surface area contributed by atoms with Gasteiger partial charge >= 0.3 is 0 Å². The largest absolute Gasteiger partial charge is 0.490 e. The van der Waals surface area contributed by atoms with E-state index in [0.29, 0.717) is 6.04 Å². The van der Waals surface area contributed by atoms with Crippen molar-refractivity contribution >= 4 is 5.69 Å². The molecule has 114 valence electrons. The van der Waals surface area contributed by atoms with E-state index in [9.17, 15) is 0 Å². The van der Waals surface area contributed by atoms with Crippen LogP contribution in [0.25, 0.3) is 0 Å². The highest BCUT2D eigenvalue weighted by Gasteiger charge is 2.38. The summed E-state index contributed by atoms with van der Waals surface area (Å²) in [5.74, 6) is 1.76. The second-order valence-corrected chi connectivity index (χ2v) is 6.58. The molecule has 1 N–H and O–H groups in total. The van der Waals surface area contributed by atoms with Gasteiger partial charge in [0.25, 0.3) is 0 Å². The lowest BCUT2D eigenvalue weighted by molar-refractivity contribution is 0.169. The second kappa shape index (κ2) is 5.41. The van der Waals surface area contributed by atoms with Crippen molar-refractivity contribution in [2.75, 3.05) is 25.6 Å². The molecule has 0 amide bonds. The van der Waals surface area contributed by atoms with Gasteiger partial charge in [-0.2, -0.15) is 0 Å². The average molecular weight is 288 g/mol. The van der Waals surface area contributed by atoms with Crippen molar-refractivity contribution in [1.29, 1.82) is 0 Å². The minimum Gasteiger partial charge on any atom is -0.490 e. The fourth-order valence-corrected chi connectivity index (χ4v) is 4.02. The number of hydrogen-bond acceptors (Lipinski definition) is 4. The maximum atomic E-state index is 5.78. The highest BCUT2D eigenvalue weighted by molar-refractivity contribution is 5.55. The van der Waals surface area contributed by atoms with Gasteiger partial charge in [0.15, 0.2) is 11.5 Å². The fraction of sp³-hybridized carbons (Fsp3) is 0.647. The third-order valence-corrected chi connectivity index (χ3v) is 5.22. The quantitative estimate of drug-likeness (QED) is 0.907. The second-order valence-electron chi connectivity index (χ2n) is 6.58. The van der Waals surface area contributed by atoms with Crippen LogP contribution in [0.2, 0.25) is 0 Å². The topological polar surface area (TPSA) is 33.7 Å². The molecule has 3 aliphatic rings. The number of anilines is 1. The monoisotopic (exact) mass is 288 g/mol. The number of rotatable bonds is 2. The Kier molecular flexibility index (Phi) is 3.42. The lowest BCUT2D eigenvalue weighted by atomic mass is 9.98. The number of nitrogens with zero attached hydrogens (tertiary/aromatic N) is 1. The number of ether oxygens (including phenoxy) is 2. The molecule has 2 saturated heterocycles. The Morgan fingerprint density at radius 1 is 1.05 bits per heavy atom. The van der Waals surface area contributed by atoms with Gasteiger partial charge in [-0.05, 0) is 44.9 Å². The van der Waals surface area contributed by atoms with Gasteiger partial charge in [-0.25, -0.2) is 0 Å². The van der Waals surface area contributed by atoms with Gasteiger partial charge in [0, 0.05) is 36.3 Å². The lowest BCUT2D eigenvalue weighted by Crippen LogP contribution is -2.44. The van der Waals surface area contributed by atoms with E-state index >= 15 is 0 Å². The SMILES string of the molecule is CN1C2CCC1CC(Nc1ccc3c(c1)OCCCO3)C2. The van der Waals surface area contributed by atoms with Gasteiger partial charge < -0.3 is 19.7 Å². The molecule has 2 atom stereocenters. The van der Waals surface area contributed by atoms with Crippen molar-refractivity contribution in [1.82, 2.24) is 4.90 Å². The molecule has 3 heterocycles. The predicted octanol–water partition coefficient (Wildman–Crippen LogP) is 2.89. The normalized spacial score (nSPS) is 31.8. The van der Waals surface area contributed by atoms with Crippen LogP contribution in [0.3, 0.4) is 0 Å². The molecule has 2 unspecified atom stereocenters. The smallest absolute Gasteiger partial charge is 0.163 e. The zero-order chi connectivity index (χ0) is 14.2. The molecule has 2 bridgehead atoms. The fourth-order valence-electron chi connectivity index (χ4n) is 4.02. The third kappa shape index (κ3) is 2.57. The maximum absolute atomic E-state index is 5.78. The van der Waals surface area contributed by atoms with E-state index < -0.39 is 0 Å². The van der Waals surface area contributed by atoms with Gasteiger partial charge in [0.05, 0.1) is 13.2 Å². The molecule has 0 aliphatic carbocycles. The number of piperidine rings is 1. The Balaban J connectivity index is 1.47. The van der Waals surface area contributed by atoms with Crippen molar-refractivity contribution < 1.29 is 9.47 Å². The van der Waals surface area contributed by atoms with E-state index in [4.69, 9.17) is 9.47 Å². The van der Waals surface area contributed by atoms with Crippen LogP contribution in [0.5, 0.6) is 11.5 Å². The number of fused-ring (bicyclic) bond motifs is 3. The molecule has 4 nitrogen and oxygen atoms in total. The van der Waals surface area contributed by atoms with Crippen molar-refractivity contribution in [3.05, 3.63) is 18.2 Å². The molecule has 3 aliphatic heterocycles. The van der Waals surface area contributed by atoms with E-state index in [-0.39, 0.29) is 0 Å². The number of hydrogen-bond donors (Lipinski definition) is 1. The Bertz CT molecular complexity index is 506. The highest BCUT2D eigenvalue weighted by atomic mass is 16.5. The van der Waals surface area contributed by atoms with Crippen molar-refractivity contribution in [3.63, 3.8) is 0 Å². The van der Waals surface area contributed by atoms with E-state index in [1.165, 1.54) is 25.7 Å². The molecule has 0 spiro atoms. The standard InChI is InChI=1S/C17H24N2O2/c1-19-14-4-5-15(19)10-13(9-14)18-12-3-6-16-17(11-12)21-8-2-7-20-16/h3,6,11,13-15,18H,2,4-5,7-10H2,1H3. The number of benzene rings is 1. The Morgan fingerprint density at radius 2 is 1.76 bits per heavy atom. The van der Waals surface area contributed by atoms with Crippen molar-refractivity contribution in [2.45, 2.75) is 50.2 Å². The van der Waals surface area contributed by atoms with Gasteiger partial charge in [-0.15, -0.1) is 0 Å². The summed E-state index contributed by atoms with van der Waals surface area (Å²) in [6.45, 7) is 1.49. The van der Waals surface area contributed by atoms with Gasteiger partial charge in [-0.1, -0.05) is 0 Å². The average Bonchev–Trinajstić information content (AvgIpc) is 2.72. The first kappa shape index (κ1) is 13.3. The van der Waals surface area contributed by atoms with E-state index in [1.54, 1.807) is 0 Å². The third-order valence-electron chi connectivity index (χ3n) is 5.22. The van der Waals surface area contributed by atoms with Gasteiger partial charge in [0.2, 0.25) is 0 Å². The van der Waals surface area contributed by atoms with E-state index in [2.05, 4.69) is 29.4 Å². The summed E-state index contributed by atoms with van der Waals surface area (Å²) in [6.07, 6.45) is 6.18. The molecular formula is C17H24N2O2. The molecule has 4 heteroatoms. The molecule has 0 saturated carbocycles. The van der Waals surface area contributed by atoms with Crippen LogP contribution in [-0.2, 0) is 0 Å². The van der Waals surface area contributed by atoms with Crippen LogP contribution in [0.4, 0.5) is 5.69 Å². The summed E-state index contributed by atoms with van der Waals surface area (Å²) in [4.78, 5) is 2.58. The van der Waals surface area contributed by atoms with Gasteiger partial charge in [0.1, 0.15) is 0 Å². The zero-order valence-electron chi connectivity index (χ0n) is 12.7. The maximum Gasteiger partial charge on any atom is 0.163 e. The lowest BCUT2D eigenvalue weighted by Gasteiger charge is -2.37. The summed E-state index contributed by atoms with van der Waals surface area (Å²) in [6, 6.07) is 8.37. The van der Waals surface area contributed by atoms with E-state index in [0.717, 1.165) is 48.9 Å². The minimum atomic E-state index is 0.587. The Labute approximate surface area is 126 Å². The van der Waals surface area contributed by atoms with Crippen LogP contribution >= 0.6 is 0 Å². The Hall–Kier alpha value is -1.42. The number of nitrogens with one attached hydrogen (secondary N) is 1. The first-order valence-electron chi connectivity index (χ1n) is 8.18. The summed E-state index contributed by atoms with van der Waals surface area (Å²) in [5, 5.41) is 3.71. The van der Waals surface area contributed by atoms with Gasteiger partial charge in [-0.3, -0.25) is 0 Å². The molecule has 2 fully saturated rings. The summed E-state index contributed by atoms with van der Waals surface area (Å²) in [7, 11) is 2.28. The molecule has 21 heavy (non-hydrogen) atoms. The van der Waals surface area contributed by atoms with Crippen LogP contribution in [0.15, 0.2) is 18.2 Å². The summed E-state index contributed by atoms with van der Waals surface area (Å²) >= 11 is 0. The summed E-state index contributed by atoms with van der Waals surface area (Å²) in [5.41, 5.74) is 1.16. The summed E-state index contributed by atoms with van der Waals surface area (Å²) < 4.78 is 11.5. The van der Waals surface area contributed by atoms with Crippen molar-refractivity contribution in [2.24, 2.45) is 0 Å². The molecule has 1 aromatic rings. The van der Waals surface area contributed by atoms with Crippen molar-refractivity contribution in [3.8, 4) is 11.5 Å². The Morgan fingerprint density at radius 3 is 2.52 bits per heavy atom. The van der Waals surface area contributed by atoms with Crippen LogP contribution in [0, 0.1) is 0 Å². The molecule has 0 aromatic heterocycles. The van der Waals surface area contributed by atoms with Crippen LogP contribution < -0.4 is 14.8 Å².